The van der Waals surface area contributed by atoms with E-state index in [0.717, 1.165) is 19.8 Å². The topological polar surface area (TPSA) is 71.3 Å². The number of carbonyl (C=O) groups excluding carboxylic acids is 2. The maximum absolute atomic E-state index is 11.9. The quantitative estimate of drug-likeness (QED) is 0.420. The monoisotopic (exact) mass is 444 g/mol. The van der Waals surface area contributed by atoms with Crippen molar-refractivity contribution in [2.75, 3.05) is 13.1 Å². The van der Waals surface area contributed by atoms with Gasteiger partial charge in [-0.15, -0.1) is 11.3 Å². The molecule has 5 nitrogen and oxygen atoms in total. The Morgan fingerprint density at radius 1 is 1.04 bits per heavy atom. The fourth-order valence-corrected chi connectivity index (χ4v) is 3.47. The minimum atomic E-state index is -0.302. The van der Waals surface area contributed by atoms with Crippen molar-refractivity contribution >= 4 is 45.2 Å². The van der Waals surface area contributed by atoms with Crippen molar-refractivity contribution in [1.29, 1.82) is 0 Å². The summed E-state index contributed by atoms with van der Waals surface area (Å²) in [5.41, 5.74) is 1.14. The highest BCUT2D eigenvalue weighted by Crippen LogP contribution is 2.29. The van der Waals surface area contributed by atoms with Gasteiger partial charge in [0.1, 0.15) is 0 Å². The van der Waals surface area contributed by atoms with Crippen molar-refractivity contribution < 1.29 is 14.0 Å². The molecule has 0 radical (unpaired) electrons. The number of carbonyl (C=O) groups is 2. The van der Waals surface area contributed by atoms with Crippen LogP contribution in [0.5, 0.6) is 0 Å². The predicted molar refractivity (Wildman–Crippen MR) is 111 cm³/mol. The molecule has 0 fully saturated rings. The van der Waals surface area contributed by atoms with Crippen molar-refractivity contribution in [2.24, 2.45) is 0 Å². The number of benzene rings is 1. The van der Waals surface area contributed by atoms with Crippen molar-refractivity contribution in [3.63, 3.8) is 0 Å². The van der Waals surface area contributed by atoms with Gasteiger partial charge in [0.05, 0.1) is 6.26 Å². The molecule has 2 N–H and O–H groups in total. The molecule has 2 amide bonds. The number of nitrogens with one attached hydrogen (secondary N) is 2. The summed E-state index contributed by atoms with van der Waals surface area (Å²) in [7, 11) is 0. The van der Waals surface area contributed by atoms with Gasteiger partial charge >= 0.3 is 0 Å². The lowest BCUT2D eigenvalue weighted by Gasteiger charge is -2.03. The summed E-state index contributed by atoms with van der Waals surface area (Å²) in [6.45, 7) is 0.663. The van der Waals surface area contributed by atoms with Crippen LogP contribution in [0.25, 0.3) is 16.5 Å². The largest absolute Gasteiger partial charge is 0.459 e. The van der Waals surface area contributed by atoms with E-state index in [1.807, 2.05) is 36.4 Å². The van der Waals surface area contributed by atoms with E-state index in [4.69, 9.17) is 4.42 Å². The average molecular weight is 445 g/mol. The smallest absolute Gasteiger partial charge is 0.287 e. The summed E-state index contributed by atoms with van der Waals surface area (Å²) in [5, 5.41) is 5.39. The molecular formula is C20H17BrN2O3S. The minimum absolute atomic E-state index is 0.208. The van der Waals surface area contributed by atoms with Crippen LogP contribution in [-0.2, 0) is 4.79 Å². The van der Waals surface area contributed by atoms with E-state index in [1.165, 1.54) is 12.3 Å². The zero-order chi connectivity index (χ0) is 19.1. The lowest BCUT2D eigenvalue weighted by Crippen LogP contribution is -2.33. The lowest BCUT2D eigenvalue weighted by molar-refractivity contribution is -0.116. The van der Waals surface area contributed by atoms with E-state index in [2.05, 4.69) is 26.6 Å². The standard InChI is InChI=1S/C20H17BrN2O3S/c21-15-5-3-14(4-6-15)18-9-7-16(27-18)8-10-19(24)22-11-12-23-20(25)17-2-1-13-26-17/h1-10,13H,11-12H2,(H,22,24)(H,23,25)/b10-8+. The zero-order valence-corrected chi connectivity index (χ0v) is 16.7. The fourth-order valence-electron chi connectivity index (χ4n) is 2.29. The van der Waals surface area contributed by atoms with Gasteiger partial charge in [-0.25, -0.2) is 0 Å². The first-order chi connectivity index (χ1) is 13.1. The maximum atomic E-state index is 11.9. The normalized spacial score (nSPS) is 10.9. The van der Waals surface area contributed by atoms with E-state index < -0.39 is 0 Å². The van der Waals surface area contributed by atoms with Gasteiger partial charge in [0.25, 0.3) is 5.91 Å². The van der Waals surface area contributed by atoms with Crippen LogP contribution in [0, 0.1) is 0 Å². The molecule has 0 spiro atoms. The Balaban J connectivity index is 1.43. The molecule has 138 valence electrons. The van der Waals surface area contributed by atoms with Gasteiger partial charge in [0.2, 0.25) is 5.91 Å². The molecule has 0 aliphatic carbocycles. The Morgan fingerprint density at radius 3 is 2.56 bits per heavy atom. The van der Waals surface area contributed by atoms with E-state index in [1.54, 1.807) is 29.5 Å². The molecule has 0 aliphatic heterocycles. The van der Waals surface area contributed by atoms with Crippen molar-refractivity contribution in [1.82, 2.24) is 10.6 Å². The van der Waals surface area contributed by atoms with E-state index in [-0.39, 0.29) is 17.6 Å². The van der Waals surface area contributed by atoms with Crippen LogP contribution in [0.3, 0.4) is 0 Å². The molecular weight excluding hydrogens is 428 g/mol. The van der Waals surface area contributed by atoms with E-state index >= 15 is 0 Å². The molecule has 2 aromatic heterocycles. The molecule has 2 heterocycles. The first kappa shape index (κ1) is 19.1. The number of hydrogen-bond donors (Lipinski definition) is 2. The number of rotatable bonds is 7. The molecule has 3 aromatic rings. The molecule has 7 heteroatoms. The van der Waals surface area contributed by atoms with Crippen LogP contribution >= 0.6 is 27.3 Å². The Morgan fingerprint density at radius 2 is 1.81 bits per heavy atom. The van der Waals surface area contributed by atoms with Crippen molar-refractivity contribution in [3.05, 3.63) is 76.0 Å². The van der Waals surface area contributed by atoms with Gasteiger partial charge in [-0.3, -0.25) is 9.59 Å². The third-order valence-corrected chi connectivity index (χ3v) is 5.24. The molecule has 0 atom stereocenters. The van der Waals surface area contributed by atoms with E-state index in [9.17, 15) is 9.59 Å². The highest BCUT2D eigenvalue weighted by atomic mass is 79.9. The van der Waals surface area contributed by atoms with Gasteiger partial charge < -0.3 is 15.1 Å². The number of amides is 2. The Bertz CT molecular complexity index is 931. The van der Waals surface area contributed by atoms with Crippen molar-refractivity contribution in [2.45, 2.75) is 0 Å². The number of furan rings is 1. The summed E-state index contributed by atoms with van der Waals surface area (Å²) < 4.78 is 6.03. The van der Waals surface area contributed by atoms with Crippen LogP contribution < -0.4 is 10.6 Å². The molecule has 0 aliphatic rings. The first-order valence-corrected chi connectivity index (χ1v) is 9.86. The highest BCUT2D eigenvalue weighted by molar-refractivity contribution is 9.10. The Hall–Kier alpha value is -2.64. The summed E-state index contributed by atoms with van der Waals surface area (Å²) in [6.07, 6.45) is 4.71. The third-order valence-electron chi connectivity index (χ3n) is 3.61. The van der Waals surface area contributed by atoms with Crippen LogP contribution in [0.1, 0.15) is 15.4 Å². The van der Waals surface area contributed by atoms with Crippen LogP contribution in [-0.4, -0.2) is 24.9 Å². The third kappa shape index (κ3) is 5.67. The second kappa shape index (κ2) is 9.34. The number of halogens is 1. The zero-order valence-electron chi connectivity index (χ0n) is 14.3. The summed E-state index contributed by atoms with van der Waals surface area (Å²) >= 11 is 5.04. The molecule has 1 aromatic carbocycles. The van der Waals surface area contributed by atoms with Gasteiger partial charge in [0, 0.05) is 33.4 Å². The van der Waals surface area contributed by atoms with Crippen LogP contribution in [0.15, 0.2) is 69.8 Å². The number of hydrogen-bond acceptors (Lipinski definition) is 4. The maximum Gasteiger partial charge on any atom is 0.287 e. The molecule has 0 unspecified atom stereocenters. The fraction of sp³-hybridized carbons (Fsp3) is 0.100. The van der Waals surface area contributed by atoms with Gasteiger partial charge in [0.15, 0.2) is 5.76 Å². The lowest BCUT2D eigenvalue weighted by atomic mass is 10.2. The van der Waals surface area contributed by atoms with Gasteiger partial charge in [-0.05, 0) is 48.0 Å². The average Bonchev–Trinajstić information content (AvgIpc) is 3.36. The molecule has 3 rings (SSSR count). The SMILES string of the molecule is O=C(/C=C/c1ccc(-c2ccc(Br)cc2)s1)NCCNC(=O)c1ccco1. The van der Waals surface area contributed by atoms with Crippen LogP contribution in [0.2, 0.25) is 0 Å². The predicted octanol–water partition coefficient (Wildman–Crippen LogP) is 4.33. The second-order valence-corrected chi connectivity index (χ2v) is 7.60. The first-order valence-electron chi connectivity index (χ1n) is 8.25. The number of thiophene rings is 1. The minimum Gasteiger partial charge on any atom is -0.459 e. The van der Waals surface area contributed by atoms with Gasteiger partial charge in [-0.2, -0.15) is 0 Å². The molecule has 0 saturated heterocycles. The second-order valence-electron chi connectivity index (χ2n) is 5.57. The molecule has 27 heavy (non-hydrogen) atoms. The van der Waals surface area contributed by atoms with E-state index in [0.29, 0.717) is 13.1 Å². The van der Waals surface area contributed by atoms with Crippen molar-refractivity contribution in [3.8, 4) is 10.4 Å². The summed E-state index contributed by atoms with van der Waals surface area (Å²) in [4.78, 5) is 25.7. The highest BCUT2D eigenvalue weighted by Gasteiger charge is 2.07. The van der Waals surface area contributed by atoms with Crippen LogP contribution in [0.4, 0.5) is 0 Å². The Kier molecular flexibility index (Phi) is 6.62. The summed E-state index contributed by atoms with van der Waals surface area (Å²) in [6, 6.07) is 15.4. The Labute approximate surface area is 169 Å². The molecule has 0 bridgehead atoms. The molecule has 0 saturated carbocycles. The van der Waals surface area contributed by atoms with Gasteiger partial charge in [-0.1, -0.05) is 28.1 Å². The summed E-state index contributed by atoms with van der Waals surface area (Å²) in [5.74, 6) is -0.259.